The Hall–Kier alpha value is -3.71. The normalized spacial score (nSPS) is 10.6. The number of nitrogens with one attached hydrogen (secondary N) is 3. The number of aromatic nitrogens is 2. The fraction of sp³-hybridized carbons (Fsp3) is 0.0909. The average molecular weight is 423 g/mol. The SMILES string of the molecule is COc1ccc(OC)c(NC(=O)Nc2c(-c3cccnc3)[nH]c3ccc(Cl)cc23)c1. The first-order chi connectivity index (χ1) is 14.6. The van der Waals surface area contributed by atoms with E-state index in [2.05, 4.69) is 20.6 Å². The number of carbonyl (C=O) groups is 1. The lowest BCUT2D eigenvalue weighted by molar-refractivity contribution is 0.262. The largest absolute Gasteiger partial charge is 0.497 e. The molecule has 0 radical (unpaired) electrons. The van der Waals surface area contributed by atoms with Crippen LogP contribution in [0.1, 0.15) is 0 Å². The maximum absolute atomic E-state index is 12.9. The molecule has 7 nitrogen and oxygen atoms in total. The molecule has 0 saturated carbocycles. The van der Waals surface area contributed by atoms with Crippen LogP contribution in [0.5, 0.6) is 11.5 Å². The van der Waals surface area contributed by atoms with E-state index in [0.29, 0.717) is 27.9 Å². The van der Waals surface area contributed by atoms with E-state index in [4.69, 9.17) is 21.1 Å². The van der Waals surface area contributed by atoms with Crippen LogP contribution < -0.4 is 20.1 Å². The summed E-state index contributed by atoms with van der Waals surface area (Å²) in [4.78, 5) is 20.4. The quantitative estimate of drug-likeness (QED) is 0.393. The van der Waals surface area contributed by atoms with E-state index < -0.39 is 6.03 Å². The van der Waals surface area contributed by atoms with Gasteiger partial charge in [-0.2, -0.15) is 0 Å². The van der Waals surface area contributed by atoms with Crippen molar-refractivity contribution >= 4 is 39.9 Å². The lowest BCUT2D eigenvalue weighted by Crippen LogP contribution is -2.20. The van der Waals surface area contributed by atoms with Crippen LogP contribution in [0.25, 0.3) is 22.2 Å². The molecule has 0 saturated heterocycles. The van der Waals surface area contributed by atoms with Gasteiger partial charge in [-0.1, -0.05) is 11.6 Å². The van der Waals surface area contributed by atoms with E-state index in [9.17, 15) is 4.79 Å². The fourth-order valence-corrected chi connectivity index (χ4v) is 3.37. The zero-order valence-electron chi connectivity index (χ0n) is 16.3. The molecule has 0 atom stereocenters. The summed E-state index contributed by atoms with van der Waals surface area (Å²) >= 11 is 6.20. The van der Waals surface area contributed by atoms with Crippen LogP contribution in [-0.2, 0) is 0 Å². The van der Waals surface area contributed by atoms with Crippen LogP contribution in [0.4, 0.5) is 16.2 Å². The third-order valence-corrected chi connectivity index (χ3v) is 4.84. The number of aromatic amines is 1. The maximum Gasteiger partial charge on any atom is 0.323 e. The van der Waals surface area contributed by atoms with Crippen molar-refractivity contribution in [3.05, 3.63) is 65.9 Å². The van der Waals surface area contributed by atoms with Gasteiger partial charge in [0.1, 0.15) is 11.5 Å². The van der Waals surface area contributed by atoms with E-state index in [1.54, 1.807) is 49.8 Å². The summed E-state index contributed by atoms with van der Waals surface area (Å²) in [6.07, 6.45) is 3.42. The van der Waals surface area contributed by atoms with Crippen molar-refractivity contribution in [1.82, 2.24) is 9.97 Å². The van der Waals surface area contributed by atoms with Crippen molar-refractivity contribution in [2.75, 3.05) is 24.9 Å². The third-order valence-electron chi connectivity index (χ3n) is 4.60. The first kappa shape index (κ1) is 19.6. The Bertz CT molecular complexity index is 1210. The van der Waals surface area contributed by atoms with Crippen LogP contribution in [0.2, 0.25) is 5.02 Å². The van der Waals surface area contributed by atoms with Gasteiger partial charge in [0.05, 0.1) is 31.3 Å². The molecular weight excluding hydrogens is 404 g/mol. The van der Waals surface area contributed by atoms with Gasteiger partial charge in [-0.25, -0.2) is 4.79 Å². The predicted octanol–water partition coefficient (Wildman–Crippen LogP) is 5.54. The second-order valence-electron chi connectivity index (χ2n) is 6.45. The van der Waals surface area contributed by atoms with Crippen molar-refractivity contribution in [2.24, 2.45) is 0 Å². The van der Waals surface area contributed by atoms with Crippen molar-refractivity contribution < 1.29 is 14.3 Å². The molecule has 0 aliphatic carbocycles. The standard InChI is InChI=1S/C22H19ClN4O3/c1-29-15-6-8-19(30-2)18(11-15)26-22(28)27-21-16-10-14(23)5-7-17(16)25-20(21)13-4-3-9-24-12-13/h3-12,25H,1-2H3,(H2,26,27,28). The maximum atomic E-state index is 12.9. The lowest BCUT2D eigenvalue weighted by atomic mass is 10.1. The second kappa shape index (κ2) is 8.34. The summed E-state index contributed by atoms with van der Waals surface area (Å²) in [6, 6.07) is 13.9. The Morgan fingerprint density at radius 2 is 1.93 bits per heavy atom. The van der Waals surface area contributed by atoms with E-state index in [1.807, 2.05) is 18.2 Å². The number of urea groups is 1. The Morgan fingerprint density at radius 3 is 2.67 bits per heavy atom. The first-order valence-electron chi connectivity index (χ1n) is 9.10. The molecule has 152 valence electrons. The Balaban J connectivity index is 1.71. The van der Waals surface area contributed by atoms with Gasteiger partial charge in [0, 0.05) is 39.9 Å². The monoisotopic (exact) mass is 422 g/mol. The molecule has 4 rings (SSSR count). The number of halogens is 1. The molecule has 0 aliphatic rings. The zero-order valence-corrected chi connectivity index (χ0v) is 17.1. The Kier molecular flexibility index (Phi) is 5.45. The van der Waals surface area contributed by atoms with Gasteiger partial charge in [-0.05, 0) is 42.5 Å². The summed E-state index contributed by atoms with van der Waals surface area (Å²) < 4.78 is 10.6. The van der Waals surface area contributed by atoms with Crippen LogP contribution in [0, 0.1) is 0 Å². The number of nitrogens with zero attached hydrogens (tertiary/aromatic N) is 1. The zero-order chi connectivity index (χ0) is 21.1. The Labute approximate surface area is 178 Å². The molecule has 0 aliphatic heterocycles. The summed E-state index contributed by atoms with van der Waals surface area (Å²) in [7, 11) is 3.09. The highest BCUT2D eigenvalue weighted by Crippen LogP contribution is 2.36. The number of benzene rings is 2. The van der Waals surface area contributed by atoms with Gasteiger partial charge in [-0.3, -0.25) is 4.98 Å². The van der Waals surface area contributed by atoms with Gasteiger partial charge in [0.2, 0.25) is 0 Å². The highest BCUT2D eigenvalue weighted by molar-refractivity contribution is 6.31. The number of amides is 2. The molecule has 2 aromatic heterocycles. The minimum Gasteiger partial charge on any atom is -0.497 e. The van der Waals surface area contributed by atoms with Gasteiger partial charge in [0.15, 0.2) is 0 Å². The average Bonchev–Trinajstić information content (AvgIpc) is 3.11. The molecule has 0 unspecified atom stereocenters. The molecule has 8 heteroatoms. The molecule has 4 aromatic rings. The molecule has 2 aromatic carbocycles. The van der Waals surface area contributed by atoms with E-state index in [1.165, 1.54) is 7.11 Å². The molecule has 2 amide bonds. The molecular formula is C22H19ClN4O3. The lowest BCUT2D eigenvalue weighted by Gasteiger charge is -2.13. The van der Waals surface area contributed by atoms with Crippen LogP contribution in [-0.4, -0.2) is 30.2 Å². The molecule has 0 bridgehead atoms. The molecule has 2 heterocycles. The number of H-pyrrole nitrogens is 1. The topological polar surface area (TPSA) is 88.3 Å². The number of methoxy groups -OCH3 is 2. The Morgan fingerprint density at radius 1 is 1.07 bits per heavy atom. The number of anilines is 2. The summed E-state index contributed by atoms with van der Waals surface area (Å²) in [6.45, 7) is 0. The van der Waals surface area contributed by atoms with Crippen molar-refractivity contribution in [3.8, 4) is 22.8 Å². The molecule has 30 heavy (non-hydrogen) atoms. The number of hydrogen-bond acceptors (Lipinski definition) is 4. The van der Waals surface area contributed by atoms with Crippen molar-refractivity contribution in [3.63, 3.8) is 0 Å². The highest BCUT2D eigenvalue weighted by atomic mass is 35.5. The number of rotatable bonds is 5. The van der Waals surface area contributed by atoms with Crippen molar-refractivity contribution in [2.45, 2.75) is 0 Å². The predicted molar refractivity (Wildman–Crippen MR) is 119 cm³/mol. The van der Waals surface area contributed by atoms with Gasteiger partial charge >= 0.3 is 6.03 Å². The first-order valence-corrected chi connectivity index (χ1v) is 9.48. The van der Waals surface area contributed by atoms with Gasteiger partial charge in [-0.15, -0.1) is 0 Å². The van der Waals surface area contributed by atoms with E-state index >= 15 is 0 Å². The third kappa shape index (κ3) is 3.88. The minimum atomic E-state index is -0.437. The number of hydrogen-bond donors (Lipinski definition) is 3. The minimum absolute atomic E-state index is 0.437. The number of fused-ring (bicyclic) bond motifs is 1. The summed E-state index contributed by atoms with van der Waals surface area (Å²) in [5, 5.41) is 7.10. The van der Waals surface area contributed by atoms with Crippen LogP contribution in [0.15, 0.2) is 60.9 Å². The summed E-state index contributed by atoms with van der Waals surface area (Å²) in [5.41, 5.74) is 3.48. The molecule has 3 N–H and O–H groups in total. The molecule has 0 spiro atoms. The van der Waals surface area contributed by atoms with E-state index in [0.717, 1.165) is 22.2 Å². The van der Waals surface area contributed by atoms with E-state index in [-0.39, 0.29) is 0 Å². The molecule has 0 fully saturated rings. The van der Waals surface area contributed by atoms with Crippen LogP contribution in [0.3, 0.4) is 0 Å². The fourth-order valence-electron chi connectivity index (χ4n) is 3.20. The second-order valence-corrected chi connectivity index (χ2v) is 6.89. The number of pyridine rings is 1. The van der Waals surface area contributed by atoms with Gasteiger partial charge < -0.3 is 25.1 Å². The van der Waals surface area contributed by atoms with Crippen LogP contribution >= 0.6 is 11.6 Å². The van der Waals surface area contributed by atoms with Gasteiger partial charge in [0.25, 0.3) is 0 Å². The van der Waals surface area contributed by atoms with Crippen molar-refractivity contribution in [1.29, 1.82) is 0 Å². The smallest absolute Gasteiger partial charge is 0.323 e. The number of carbonyl (C=O) groups excluding carboxylic acids is 1. The number of ether oxygens (including phenoxy) is 2. The highest BCUT2D eigenvalue weighted by Gasteiger charge is 2.17. The summed E-state index contributed by atoms with van der Waals surface area (Å²) in [5.74, 6) is 1.11.